The predicted octanol–water partition coefficient (Wildman–Crippen LogP) is 1.05. The first kappa shape index (κ1) is 16.8. The van der Waals surface area contributed by atoms with Crippen LogP contribution in [0.3, 0.4) is 0 Å². The Morgan fingerprint density at radius 1 is 1.50 bits per heavy atom. The van der Waals surface area contributed by atoms with E-state index in [1.165, 1.54) is 6.92 Å². The Hall–Kier alpha value is -1.54. The molecule has 1 fully saturated rings. The molecule has 0 spiro atoms. The fourth-order valence-corrected chi connectivity index (χ4v) is 2.67. The van der Waals surface area contributed by atoms with E-state index in [2.05, 4.69) is 5.10 Å². The van der Waals surface area contributed by atoms with Crippen molar-refractivity contribution in [3.63, 3.8) is 0 Å². The van der Waals surface area contributed by atoms with Gasteiger partial charge in [-0.25, -0.2) is 4.68 Å². The highest BCUT2D eigenvalue weighted by Gasteiger charge is 2.30. The summed E-state index contributed by atoms with van der Waals surface area (Å²) in [5.41, 5.74) is 1.27. The molecule has 124 valence electrons. The number of halogens is 2. The number of hydrogen-bond acceptors (Lipinski definition) is 4. The van der Waals surface area contributed by atoms with Crippen molar-refractivity contribution in [2.45, 2.75) is 45.9 Å². The topological polar surface area (TPSA) is 67.6 Å². The molecule has 1 aromatic heterocycles. The number of aliphatic hydroxyl groups excluding tert-OH is 1. The molecule has 1 aromatic rings. The number of carbonyl (C=O) groups excluding carboxylic acids is 1. The zero-order valence-electron chi connectivity index (χ0n) is 12.9. The first-order valence-corrected chi connectivity index (χ1v) is 7.19. The molecule has 1 aliphatic rings. The highest BCUT2D eigenvalue weighted by molar-refractivity contribution is 5.79. The third kappa shape index (κ3) is 3.27. The molecule has 1 saturated heterocycles. The second-order valence-corrected chi connectivity index (χ2v) is 5.58. The number of hydrogen-bond donors (Lipinski definition) is 1. The van der Waals surface area contributed by atoms with Crippen LogP contribution in [0.5, 0.6) is 0 Å². The summed E-state index contributed by atoms with van der Waals surface area (Å²) in [4.78, 5) is 14.1. The first-order valence-electron chi connectivity index (χ1n) is 7.19. The van der Waals surface area contributed by atoms with Gasteiger partial charge in [-0.3, -0.25) is 4.79 Å². The van der Waals surface area contributed by atoms with Crippen LogP contribution in [0.2, 0.25) is 0 Å². The molecular formula is C14H21F2N3O3. The Kier molecular flexibility index (Phi) is 5.12. The number of rotatable bonds is 4. The SMILES string of the molecule is Cc1nn(C(F)F)c(C)c1CC(=O)N1CC(CO)OCC1C. The van der Waals surface area contributed by atoms with Crippen LogP contribution < -0.4 is 0 Å². The second-order valence-electron chi connectivity index (χ2n) is 5.58. The van der Waals surface area contributed by atoms with Crippen LogP contribution in [-0.2, 0) is 16.0 Å². The van der Waals surface area contributed by atoms with Crippen molar-refractivity contribution >= 4 is 5.91 Å². The summed E-state index contributed by atoms with van der Waals surface area (Å²) in [5, 5.41) is 12.9. The van der Waals surface area contributed by atoms with Crippen LogP contribution in [0.15, 0.2) is 0 Å². The van der Waals surface area contributed by atoms with Crippen molar-refractivity contribution in [2.24, 2.45) is 0 Å². The lowest BCUT2D eigenvalue weighted by Gasteiger charge is -2.37. The molecule has 2 atom stereocenters. The Bertz CT molecular complexity index is 548. The van der Waals surface area contributed by atoms with Gasteiger partial charge in [0.05, 0.1) is 37.5 Å². The van der Waals surface area contributed by atoms with Crippen molar-refractivity contribution < 1.29 is 23.4 Å². The van der Waals surface area contributed by atoms with E-state index in [-0.39, 0.29) is 25.0 Å². The van der Waals surface area contributed by atoms with Gasteiger partial charge >= 0.3 is 6.55 Å². The van der Waals surface area contributed by atoms with E-state index in [9.17, 15) is 13.6 Å². The van der Waals surface area contributed by atoms with Gasteiger partial charge in [-0.15, -0.1) is 0 Å². The van der Waals surface area contributed by atoms with Crippen molar-refractivity contribution in [2.75, 3.05) is 19.8 Å². The predicted molar refractivity (Wildman–Crippen MR) is 74.7 cm³/mol. The standard InChI is InChI=1S/C14H21F2N3O3/c1-8-7-22-11(6-20)5-18(8)13(21)4-12-9(2)17-19(10(12)3)14(15)16/h8,11,14,20H,4-7H2,1-3H3. The average Bonchev–Trinajstić information content (AvgIpc) is 2.76. The maximum Gasteiger partial charge on any atom is 0.333 e. The molecule has 0 aliphatic carbocycles. The van der Waals surface area contributed by atoms with Crippen molar-refractivity contribution in [1.82, 2.24) is 14.7 Å². The lowest BCUT2D eigenvalue weighted by Crippen LogP contribution is -2.52. The van der Waals surface area contributed by atoms with Crippen LogP contribution in [0.1, 0.15) is 30.4 Å². The number of morpholine rings is 1. The fraction of sp³-hybridized carbons (Fsp3) is 0.714. The van der Waals surface area contributed by atoms with Crippen LogP contribution in [0, 0.1) is 13.8 Å². The number of ether oxygens (including phenoxy) is 1. The summed E-state index contributed by atoms with van der Waals surface area (Å²) in [6, 6.07) is -0.110. The molecule has 0 aromatic carbocycles. The Balaban J connectivity index is 2.15. The summed E-state index contributed by atoms with van der Waals surface area (Å²) in [7, 11) is 0. The quantitative estimate of drug-likeness (QED) is 0.901. The van der Waals surface area contributed by atoms with Crippen molar-refractivity contribution in [1.29, 1.82) is 0 Å². The van der Waals surface area contributed by atoms with Gasteiger partial charge in [-0.2, -0.15) is 13.9 Å². The summed E-state index contributed by atoms with van der Waals surface area (Å²) in [6.45, 7) is 2.79. The molecule has 0 saturated carbocycles. The van der Waals surface area contributed by atoms with Gasteiger partial charge in [0.2, 0.25) is 5.91 Å². The zero-order valence-corrected chi connectivity index (χ0v) is 12.9. The molecule has 8 heteroatoms. The number of nitrogens with zero attached hydrogens (tertiary/aromatic N) is 3. The Morgan fingerprint density at radius 2 is 2.18 bits per heavy atom. The molecule has 6 nitrogen and oxygen atoms in total. The monoisotopic (exact) mass is 317 g/mol. The van der Waals surface area contributed by atoms with Crippen LogP contribution in [0.25, 0.3) is 0 Å². The van der Waals surface area contributed by atoms with E-state index in [0.29, 0.717) is 34.8 Å². The first-order chi connectivity index (χ1) is 10.3. The van der Waals surface area contributed by atoms with Gasteiger partial charge in [0.1, 0.15) is 0 Å². The number of alkyl halides is 2. The number of amides is 1. The van der Waals surface area contributed by atoms with Crippen LogP contribution >= 0.6 is 0 Å². The third-order valence-corrected chi connectivity index (χ3v) is 4.02. The van der Waals surface area contributed by atoms with Gasteiger partial charge in [0.25, 0.3) is 0 Å². The lowest BCUT2D eigenvalue weighted by atomic mass is 10.1. The van der Waals surface area contributed by atoms with Gasteiger partial charge in [0, 0.05) is 17.8 Å². The highest BCUT2D eigenvalue weighted by Crippen LogP contribution is 2.21. The number of carbonyl (C=O) groups is 1. The van der Waals surface area contributed by atoms with Gasteiger partial charge in [-0.1, -0.05) is 0 Å². The Morgan fingerprint density at radius 3 is 2.73 bits per heavy atom. The van der Waals surface area contributed by atoms with E-state index in [0.717, 1.165) is 0 Å². The largest absolute Gasteiger partial charge is 0.394 e. The summed E-state index contributed by atoms with van der Waals surface area (Å²) >= 11 is 0. The zero-order chi connectivity index (χ0) is 16.4. The summed E-state index contributed by atoms with van der Waals surface area (Å²) < 4.78 is 31.7. The Labute approximate surface area is 127 Å². The summed E-state index contributed by atoms with van der Waals surface area (Å²) in [5.74, 6) is -0.172. The van der Waals surface area contributed by atoms with E-state index < -0.39 is 12.7 Å². The number of aliphatic hydroxyl groups is 1. The molecule has 2 rings (SSSR count). The van der Waals surface area contributed by atoms with E-state index in [1.807, 2.05) is 6.92 Å². The maximum absolute atomic E-state index is 12.8. The highest BCUT2D eigenvalue weighted by atomic mass is 19.3. The van der Waals surface area contributed by atoms with Crippen LogP contribution in [0.4, 0.5) is 8.78 Å². The molecule has 0 radical (unpaired) electrons. The molecule has 2 unspecified atom stereocenters. The minimum atomic E-state index is -2.72. The normalized spacial score (nSPS) is 22.4. The maximum atomic E-state index is 12.8. The van der Waals surface area contributed by atoms with E-state index in [4.69, 9.17) is 9.84 Å². The third-order valence-electron chi connectivity index (χ3n) is 4.02. The second kappa shape index (κ2) is 6.70. The molecule has 0 bridgehead atoms. The summed E-state index contributed by atoms with van der Waals surface area (Å²) in [6.07, 6.45) is -0.376. The lowest BCUT2D eigenvalue weighted by molar-refractivity contribution is -0.145. The minimum Gasteiger partial charge on any atom is -0.394 e. The molecule has 22 heavy (non-hydrogen) atoms. The molecule has 1 amide bonds. The molecule has 1 N–H and O–H groups in total. The van der Waals surface area contributed by atoms with E-state index in [1.54, 1.807) is 11.8 Å². The smallest absolute Gasteiger partial charge is 0.333 e. The molecular weight excluding hydrogens is 296 g/mol. The molecule has 2 heterocycles. The number of aryl methyl sites for hydroxylation is 1. The number of aromatic nitrogens is 2. The van der Waals surface area contributed by atoms with Gasteiger partial charge in [-0.05, 0) is 20.8 Å². The van der Waals surface area contributed by atoms with Crippen LogP contribution in [-0.4, -0.2) is 57.6 Å². The van der Waals surface area contributed by atoms with Gasteiger partial charge < -0.3 is 14.7 Å². The van der Waals surface area contributed by atoms with E-state index >= 15 is 0 Å². The minimum absolute atomic E-state index is 0.0207. The fourth-order valence-electron chi connectivity index (χ4n) is 2.67. The molecule has 1 aliphatic heterocycles. The van der Waals surface area contributed by atoms with Gasteiger partial charge in [0.15, 0.2) is 0 Å². The average molecular weight is 317 g/mol. The van der Waals surface area contributed by atoms with Crippen molar-refractivity contribution in [3.05, 3.63) is 17.0 Å². The van der Waals surface area contributed by atoms with Crippen molar-refractivity contribution in [3.8, 4) is 0 Å².